The van der Waals surface area contributed by atoms with Gasteiger partial charge in [-0.2, -0.15) is 4.31 Å². The quantitative estimate of drug-likeness (QED) is 0.843. The highest BCUT2D eigenvalue weighted by molar-refractivity contribution is 7.89. The zero-order chi connectivity index (χ0) is 15.8. The number of rotatable bonds is 2. The van der Waals surface area contributed by atoms with Gasteiger partial charge in [0.05, 0.1) is 18.1 Å². The molecule has 0 saturated carbocycles. The molecule has 0 aromatic heterocycles. The molecular weight excluding hydrogens is 286 g/mol. The fraction of sp³-hybridized carbons (Fsp3) is 0.625. The topological polar surface area (TPSA) is 46.6 Å². The van der Waals surface area contributed by atoms with Crippen LogP contribution in [0.25, 0.3) is 0 Å². The average molecular weight is 311 g/mol. The molecule has 0 bridgehead atoms. The molecule has 1 aliphatic rings. The SMILES string of the molecule is Cc1cc(C(C)(C)C)cc(C)c1S(=O)(=O)N1CCOCC1. The highest BCUT2D eigenvalue weighted by atomic mass is 32.2. The minimum atomic E-state index is -3.43. The molecule has 0 radical (unpaired) electrons. The van der Waals surface area contributed by atoms with E-state index >= 15 is 0 Å². The molecule has 0 spiro atoms. The van der Waals surface area contributed by atoms with Crippen LogP contribution in [0.1, 0.15) is 37.5 Å². The van der Waals surface area contributed by atoms with Gasteiger partial charge in [0.15, 0.2) is 0 Å². The van der Waals surface area contributed by atoms with Crippen molar-refractivity contribution in [1.82, 2.24) is 4.31 Å². The highest BCUT2D eigenvalue weighted by Crippen LogP contribution is 2.30. The maximum atomic E-state index is 12.9. The predicted molar refractivity (Wildman–Crippen MR) is 84.2 cm³/mol. The van der Waals surface area contributed by atoms with Gasteiger partial charge < -0.3 is 4.74 Å². The van der Waals surface area contributed by atoms with Gasteiger partial charge in [0, 0.05) is 13.1 Å². The van der Waals surface area contributed by atoms with Gasteiger partial charge in [0.1, 0.15) is 0 Å². The molecule has 5 heteroatoms. The molecule has 0 amide bonds. The van der Waals surface area contributed by atoms with Gasteiger partial charge in [0.25, 0.3) is 0 Å². The number of sulfonamides is 1. The van der Waals surface area contributed by atoms with Crippen molar-refractivity contribution >= 4 is 10.0 Å². The lowest BCUT2D eigenvalue weighted by Crippen LogP contribution is -2.41. The first-order valence-electron chi connectivity index (χ1n) is 7.33. The predicted octanol–water partition coefficient (Wildman–Crippen LogP) is 2.62. The molecule has 0 unspecified atom stereocenters. The Kier molecular flexibility index (Phi) is 4.47. The molecule has 21 heavy (non-hydrogen) atoms. The minimum Gasteiger partial charge on any atom is -0.379 e. The van der Waals surface area contributed by atoms with Crippen LogP contribution < -0.4 is 0 Å². The van der Waals surface area contributed by atoms with Crippen molar-refractivity contribution in [2.75, 3.05) is 26.3 Å². The number of ether oxygens (including phenoxy) is 1. The summed E-state index contributed by atoms with van der Waals surface area (Å²) in [6, 6.07) is 4.00. The molecule has 1 heterocycles. The van der Waals surface area contributed by atoms with E-state index in [0.29, 0.717) is 31.2 Å². The van der Waals surface area contributed by atoms with Crippen molar-refractivity contribution in [2.24, 2.45) is 0 Å². The lowest BCUT2D eigenvalue weighted by Gasteiger charge is -2.28. The molecule has 0 atom stereocenters. The molecule has 1 saturated heterocycles. The Morgan fingerprint density at radius 2 is 1.52 bits per heavy atom. The fourth-order valence-corrected chi connectivity index (χ4v) is 4.53. The largest absolute Gasteiger partial charge is 0.379 e. The Balaban J connectivity index is 2.49. The van der Waals surface area contributed by atoms with Crippen LogP contribution in [-0.2, 0) is 20.2 Å². The average Bonchev–Trinajstić information content (AvgIpc) is 2.37. The third kappa shape index (κ3) is 3.30. The zero-order valence-corrected chi connectivity index (χ0v) is 14.4. The molecule has 1 fully saturated rings. The maximum absolute atomic E-state index is 12.9. The van der Waals surface area contributed by atoms with E-state index in [1.807, 2.05) is 26.0 Å². The first-order valence-corrected chi connectivity index (χ1v) is 8.77. The number of hydrogen-bond acceptors (Lipinski definition) is 3. The first-order chi connectivity index (χ1) is 9.64. The van der Waals surface area contributed by atoms with E-state index in [1.165, 1.54) is 9.87 Å². The normalized spacial score (nSPS) is 18.0. The third-order valence-corrected chi connectivity index (χ3v) is 6.10. The van der Waals surface area contributed by atoms with Crippen LogP contribution >= 0.6 is 0 Å². The van der Waals surface area contributed by atoms with Gasteiger partial charge in [-0.25, -0.2) is 8.42 Å². The minimum absolute atomic E-state index is 0.0107. The number of morpholine rings is 1. The van der Waals surface area contributed by atoms with E-state index in [2.05, 4.69) is 20.8 Å². The van der Waals surface area contributed by atoms with Gasteiger partial charge >= 0.3 is 0 Å². The summed E-state index contributed by atoms with van der Waals surface area (Å²) in [6.45, 7) is 12.0. The van der Waals surface area contributed by atoms with Crippen molar-refractivity contribution in [3.63, 3.8) is 0 Å². The monoisotopic (exact) mass is 311 g/mol. The molecule has 118 valence electrons. The zero-order valence-electron chi connectivity index (χ0n) is 13.6. The Morgan fingerprint density at radius 3 is 1.95 bits per heavy atom. The Hall–Kier alpha value is -0.910. The van der Waals surface area contributed by atoms with Gasteiger partial charge in [0.2, 0.25) is 10.0 Å². The highest BCUT2D eigenvalue weighted by Gasteiger charge is 2.30. The summed E-state index contributed by atoms with van der Waals surface area (Å²) in [5.74, 6) is 0. The summed E-state index contributed by atoms with van der Waals surface area (Å²) in [5, 5.41) is 0. The summed E-state index contributed by atoms with van der Waals surface area (Å²) in [5.41, 5.74) is 2.83. The van der Waals surface area contributed by atoms with E-state index in [0.717, 1.165) is 11.1 Å². The Bertz CT molecular complexity index is 600. The van der Waals surface area contributed by atoms with Crippen molar-refractivity contribution in [3.05, 3.63) is 28.8 Å². The van der Waals surface area contributed by atoms with E-state index in [9.17, 15) is 8.42 Å². The summed E-state index contributed by atoms with van der Waals surface area (Å²) in [7, 11) is -3.43. The van der Waals surface area contributed by atoms with Crippen LogP contribution in [0.3, 0.4) is 0 Å². The van der Waals surface area contributed by atoms with E-state index in [1.54, 1.807) is 0 Å². The number of aryl methyl sites for hydroxylation is 2. The van der Waals surface area contributed by atoms with Gasteiger partial charge in [-0.05, 0) is 36.0 Å². The molecule has 1 aromatic rings. The van der Waals surface area contributed by atoms with Crippen molar-refractivity contribution in [1.29, 1.82) is 0 Å². The second kappa shape index (κ2) is 5.71. The molecule has 1 aliphatic heterocycles. The summed E-state index contributed by atoms with van der Waals surface area (Å²) < 4.78 is 32.5. The van der Waals surface area contributed by atoms with Crippen molar-refractivity contribution < 1.29 is 13.2 Å². The maximum Gasteiger partial charge on any atom is 0.243 e. The number of nitrogens with zero attached hydrogens (tertiary/aromatic N) is 1. The second-order valence-corrected chi connectivity index (χ2v) is 8.58. The molecular formula is C16H25NO3S. The Morgan fingerprint density at radius 1 is 1.05 bits per heavy atom. The first kappa shape index (κ1) is 16.5. The van der Waals surface area contributed by atoms with Crippen LogP contribution in [0.15, 0.2) is 17.0 Å². The Labute approximate surface area is 128 Å². The van der Waals surface area contributed by atoms with E-state index in [4.69, 9.17) is 4.74 Å². The standard InChI is InChI=1S/C16H25NO3S/c1-12-10-14(16(3,4)5)11-13(2)15(12)21(18,19)17-6-8-20-9-7-17/h10-11H,6-9H2,1-5H3. The summed E-state index contributed by atoms with van der Waals surface area (Å²) in [6.07, 6.45) is 0. The second-order valence-electron chi connectivity index (χ2n) is 6.71. The van der Waals surface area contributed by atoms with Crippen LogP contribution in [0.4, 0.5) is 0 Å². The van der Waals surface area contributed by atoms with Gasteiger partial charge in [-0.15, -0.1) is 0 Å². The lowest BCUT2D eigenvalue weighted by atomic mass is 9.85. The van der Waals surface area contributed by atoms with Crippen LogP contribution in [-0.4, -0.2) is 39.0 Å². The van der Waals surface area contributed by atoms with E-state index < -0.39 is 10.0 Å². The molecule has 0 aliphatic carbocycles. The van der Waals surface area contributed by atoms with Gasteiger partial charge in [-0.1, -0.05) is 32.9 Å². The summed E-state index contributed by atoms with van der Waals surface area (Å²) in [4.78, 5) is 0.456. The van der Waals surface area contributed by atoms with Gasteiger partial charge in [-0.3, -0.25) is 0 Å². The molecule has 4 nitrogen and oxygen atoms in total. The van der Waals surface area contributed by atoms with E-state index in [-0.39, 0.29) is 5.41 Å². The molecule has 2 rings (SSSR count). The number of hydrogen-bond donors (Lipinski definition) is 0. The van der Waals surface area contributed by atoms with Crippen LogP contribution in [0.5, 0.6) is 0 Å². The lowest BCUT2D eigenvalue weighted by molar-refractivity contribution is 0.0730. The van der Waals surface area contributed by atoms with Crippen molar-refractivity contribution in [2.45, 2.75) is 44.9 Å². The molecule has 1 aromatic carbocycles. The molecule has 0 N–H and O–H groups in total. The summed E-state index contributed by atoms with van der Waals surface area (Å²) >= 11 is 0. The van der Waals surface area contributed by atoms with Crippen LogP contribution in [0, 0.1) is 13.8 Å². The van der Waals surface area contributed by atoms with Crippen molar-refractivity contribution in [3.8, 4) is 0 Å². The third-order valence-electron chi connectivity index (χ3n) is 3.89. The fourth-order valence-electron chi connectivity index (χ4n) is 2.71. The smallest absolute Gasteiger partial charge is 0.243 e. The number of benzene rings is 1. The van der Waals surface area contributed by atoms with Crippen LogP contribution in [0.2, 0.25) is 0 Å².